The molecule has 22 heavy (non-hydrogen) atoms. The number of thiophene rings is 1. The predicted octanol–water partition coefficient (Wildman–Crippen LogP) is 3.06. The fourth-order valence-electron chi connectivity index (χ4n) is 3.06. The maximum Gasteiger partial charge on any atom is 0.268 e. The van der Waals surface area contributed by atoms with Gasteiger partial charge in [-0.25, -0.2) is 0 Å². The second kappa shape index (κ2) is 5.57. The SMILES string of the molecule is Cc1ccc(C(=O)N2c3ccccc3[C@H](C(N)=O)C[C@H]2C)s1. The fraction of sp³-hybridized carbons (Fsp3) is 0.294. The molecule has 5 heteroatoms. The second-order valence-electron chi connectivity index (χ2n) is 5.68. The van der Waals surface area contributed by atoms with Crippen LogP contribution >= 0.6 is 11.3 Å². The van der Waals surface area contributed by atoms with Crippen molar-refractivity contribution in [2.75, 3.05) is 4.90 Å². The summed E-state index contributed by atoms with van der Waals surface area (Å²) in [4.78, 5) is 28.2. The molecular weight excluding hydrogens is 296 g/mol. The summed E-state index contributed by atoms with van der Waals surface area (Å²) in [5, 5.41) is 0. The molecule has 1 aliphatic rings. The van der Waals surface area contributed by atoms with E-state index in [1.165, 1.54) is 11.3 Å². The fourth-order valence-corrected chi connectivity index (χ4v) is 3.86. The molecule has 3 rings (SSSR count). The largest absolute Gasteiger partial charge is 0.369 e. The topological polar surface area (TPSA) is 63.4 Å². The minimum absolute atomic E-state index is 0.0130. The maximum absolute atomic E-state index is 12.9. The minimum Gasteiger partial charge on any atom is -0.369 e. The van der Waals surface area contributed by atoms with Gasteiger partial charge < -0.3 is 10.6 Å². The number of hydrogen-bond donors (Lipinski definition) is 1. The van der Waals surface area contributed by atoms with Gasteiger partial charge in [0.1, 0.15) is 0 Å². The molecule has 0 unspecified atom stereocenters. The van der Waals surface area contributed by atoms with E-state index in [1.807, 2.05) is 50.2 Å². The first-order valence-corrected chi connectivity index (χ1v) is 8.09. The van der Waals surface area contributed by atoms with Crippen molar-refractivity contribution >= 4 is 28.8 Å². The first kappa shape index (κ1) is 14.8. The number of amides is 2. The Balaban J connectivity index is 2.06. The van der Waals surface area contributed by atoms with Crippen molar-refractivity contribution in [3.8, 4) is 0 Å². The van der Waals surface area contributed by atoms with Gasteiger partial charge in [0.25, 0.3) is 5.91 Å². The number of fused-ring (bicyclic) bond motifs is 1. The highest BCUT2D eigenvalue weighted by molar-refractivity contribution is 7.14. The predicted molar refractivity (Wildman–Crippen MR) is 88.3 cm³/mol. The minimum atomic E-state index is -0.335. The molecule has 0 aliphatic carbocycles. The number of para-hydroxylation sites is 1. The van der Waals surface area contributed by atoms with Crippen molar-refractivity contribution in [3.05, 3.63) is 51.7 Å². The van der Waals surface area contributed by atoms with Crippen molar-refractivity contribution in [1.29, 1.82) is 0 Å². The molecule has 2 aromatic rings. The number of primary amides is 1. The number of aryl methyl sites for hydroxylation is 1. The van der Waals surface area contributed by atoms with Crippen molar-refractivity contribution in [3.63, 3.8) is 0 Å². The Morgan fingerprint density at radius 2 is 1.95 bits per heavy atom. The Bertz CT molecular complexity index is 738. The molecule has 2 atom stereocenters. The first-order chi connectivity index (χ1) is 10.5. The van der Waals surface area contributed by atoms with Crippen LogP contribution in [0.25, 0.3) is 0 Å². The van der Waals surface area contributed by atoms with Crippen LogP contribution in [0.5, 0.6) is 0 Å². The van der Waals surface area contributed by atoms with Gasteiger partial charge >= 0.3 is 0 Å². The summed E-state index contributed by atoms with van der Waals surface area (Å²) >= 11 is 1.49. The summed E-state index contributed by atoms with van der Waals surface area (Å²) in [5.41, 5.74) is 7.17. The summed E-state index contributed by atoms with van der Waals surface area (Å²) in [6, 6.07) is 11.3. The van der Waals surface area contributed by atoms with Crippen LogP contribution in [-0.4, -0.2) is 17.9 Å². The molecule has 2 amide bonds. The smallest absolute Gasteiger partial charge is 0.268 e. The molecule has 2 N–H and O–H groups in total. The van der Waals surface area contributed by atoms with E-state index >= 15 is 0 Å². The van der Waals surface area contributed by atoms with Gasteiger partial charge in [0, 0.05) is 16.6 Å². The number of anilines is 1. The molecule has 2 heterocycles. The van der Waals surface area contributed by atoms with Crippen molar-refractivity contribution in [2.45, 2.75) is 32.2 Å². The molecule has 0 fully saturated rings. The lowest BCUT2D eigenvalue weighted by molar-refractivity contribution is -0.119. The molecule has 1 aromatic heterocycles. The van der Waals surface area contributed by atoms with Gasteiger partial charge in [-0.2, -0.15) is 0 Å². The first-order valence-electron chi connectivity index (χ1n) is 7.27. The van der Waals surface area contributed by atoms with E-state index in [0.29, 0.717) is 6.42 Å². The standard InChI is InChI=1S/C17H18N2O2S/c1-10-9-13(16(18)20)12-5-3-4-6-14(12)19(10)17(21)15-8-7-11(2)22-15/h3-8,10,13H,9H2,1-2H3,(H2,18,20)/t10-,13-/m1/s1. The second-order valence-corrected chi connectivity index (χ2v) is 6.97. The Morgan fingerprint density at radius 3 is 2.59 bits per heavy atom. The average Bonchev–Trinajstić information content (AvgIpc) is 2.92. The van der Waals surface area contributed by atoms with Crippen LogP contribution in [0.3, 0.4) is 0 Å². The van der Waals surface area contributed by atoms with E-state index in [1.54, 1.807) is 4.90 Å². The van der Waals surface area contributed by atoms with Crippen LogP contribution in [0.2, 0.25) is 0 Å². The summed E-state index contributed by atoms with van der Waals surface area (Å²) in [6.07, 6.45) is 0.558. The Labute approximate surface area is 133 Å². The number of hydrogen-bond acceptors (Lipinski definition) is 3. The van der Waals surface area contributed by atoms with Crippen LogP contribution < -0.4 is 10.6 Å². The van der Waals surface area contributed by atoms with Gasteiger partial charge in [0.2, 0.25) is 5.91 Å². The van der Waals surface area contributed by atoms with E-state index in [2.05, 4.69) is 0 Å². The number of nitrogens with two attached hydrogens (primary N) is 1. The van der Waals surface area contributed by atoms with Gasteiger partial charge in [-0.15, -0.1) is 11.3 Å². The highest BCUT2D eigenvalue weighted by Gasteiger charge is 2.36. The van der Waals surface area contributed by atoms with Gasteiger partial charge in [0.15, 0.2) is 0 Å². The summed E-state index contributed by atoms with van der Waals surface area (Å²) in [5.74, 6) is -0.681. The average molecular weight is 314 g/mol. The lowest BCUT2D eigenvalue weighted by Gasteiger charge is -2.38. The van der Waals surface area contributed by atoms with E-state index in [-0.39, 0.29) is 23.8 Å². The zero-order valence-electron chi connectivity index (χ0n) is 12.6. The lowest BCUT2D eigenvalue weighted by atomic mass is 9.85. The Kier molecular flexibility index (Phi) is 3.74. The van der Waals surface area contributed by atoms with Gasteiger partial charge in [0.05, 0.1) is 10.8 Å². The van der Waals surface area contributed by atoms with Gasteiger partial charge in [-0.05, 0) is 44.0 Å². The van der Waals surface area contributed by atoms with Crippen LogP contribution in [0.15, 0.2) is 36.4 Å². The van der Waals surface area contributed by atoms with Crippen LogP contribution in [-0.2, 0) is 4.79 Å². The molecule has 1 aromatic carbocycles. The van der Waals surface area contributed by atoms with Crippen molar-refractivity contribution in [2.24, 2.45) is 5.73 Å². The van der Waals surface area contributed by atoms with Crippen LogP contribution in [0.4, 0.5) is 5.69 Å². The molecule has 0 saturated carbocycles. The number of rotatable bonds is 2. The monoisotopic (exact) mass is 314 g/mol. The molecule has 4 nitrogen and oxygen atoms in total. The molecule has 0 radical (unpaired) electrons. The highest BCUT2D eigenvalue weighted by Crippen LogP contribution is 2.39. The van der Waals surface area contributed by atoms with E-state index in [0.717, 1.165) is 21.0 Å². The molecule has 114 valence electrons. The van der Waals surface area contributed by atoms with E-state index in [9.17, 15) is 9.59 Å². The molecule has 0 spiro atoms. The zero-order chi connectivity index (χ0) is 15.9. The quantitative estimate of drug-likeness (QED) is 0.926. The normalized spacial score (nSPS) is 20.5. The number of nitrogens with zero attached hydrogens (tertiary/aromatic N) is 1. The number of benzene rings is 1. The maximum atomic E-state index is 12.9. The third-order valence-corrected chi connectivity index (χ3v) is 5.09. The zero-order valence-corrected chi connectivity index (χ0v) is 13.4. The van der Waals surface area contributed by atoms with Crippen molar-refractivity contribution < 1.29 is 9.59 Å². The van der Waals surface area contributed by atoms with E-state index < -0.39 is 0 Å². The number of carbonyl (C=O) groups is 2. The molecular formula is C17H18N2O2S. The molecule has 1 aliphatic heterocycles. The van der Waals surface area contributed by atoms with E-state index in [4.69, 9.17) is 5.73 Å². The highest BCUT2D eigenvalue weighted by atomic mass is 32.1. The third kappa shape index (κ3) is 2.41. The third-order valence-electron chi connectivity index (χ3n) is 4.10. The van der Waals surface area contributed by atoms with Crippen LogP contribution in [0.1, 0.15) is 39.4 Å². The Morgan fingerprint density at radius 1 is 1.23 bits per heavy atom. The lowest BCUT2D eigenvalue weighted by Crippen LogP contribution is -2.45. The van der Waals surface area contributed by atoms with Crippen molar-refractivity contribution in [1.82, 2.24) is 0 Å². The summed E-state index contributed by atoms with van der Waals surface area (Å²) in [6.45, 7) is 3.95. The summed E-state index contributed by atoms with van der Waals surface area (Å²) < 4.78 is 0. The Hall–Kier alpha value is -2.14. The summed E-state index contributed by atoms with van der Waals surface area (Å²) in [7, 11) is 0. The van der Waals surface area contributed by atoms with Crippen LogP contribution in [0, 0.1) is 6.92 Å². The van der Waals surface area contributed by atoms with Gasteiger partial charge in [-0.3, -0.25) is 9.59 Å². The van der Waals surface area contributed by atoms with Gasteiger partial charge in [-0.1, -0.05) is 18.2 Å². The molecule has 0 bridgehead atoms. The number of carbonyl (C=O) groups excluding carboxylic acids is 2. The molecule has 0 saturated heterocycles.